The molecule has 2 heterocycles. The molecule has 2 aromatic carbocycles. The Balaban J connectivity index is 1.61. The highest BCUT2D eigenvalue weighted by Crippen LogP contribution is 2.31. The predicted octanol–water partition coefficient (Wildman–Crippen LogP) is 4.61. The van der Waals surface area contributed by atoms with Crippen LogP contribution in [0.1, 0.15) is 15.9 Å². The molecule has 0 aliphatic carbocycles. The topological polar surface area (TPSA) is 115 Å². The monoisotopic (exact) mass is 447 g/mol. The van der Waals surface area contributed by atoms with Crippen molar-refractivity contribution in [3.63, 3.8) is 0 Å². The lowest BCUT2D eigenvalue weighted by Crippen LogP contribution is -2.11. The molecule has 0 fully saturated rings. The zero-order valence-electron chi connectivity index (χ0n) is 17.6. The number of benzene rings is 2. The maximum atomic E-state index is 14.6. The van der Waals surface area contributed by atoms with Crippen molar-refractivity contribution in [1.82, 2.24) is 15.0 Å². The van der Waals surface area contributed by atoms with Crippen LogP contribution >= 0.6 is 0 Å². The summed E-state index contributed by atoms with van der Waals surface area (Å²) in [7, 11) is 1.18. The highest BCUT2D eigenvalue weighted by atomic mass is 19.1. The number of methoxy groups -OCH3 is 1. The van der Waals surface area contributed by atoms with Crippen molar-refractivity contribution in [3.8, 4) is 5.75 Å². The highest BCUT2D eigenvalue weighted by molar-refractivity contribution is 6.05. The molecule has 0 bridgehead atoms. The van der Waals surface area contributed by atoms with Crippen molar-refractivity contribution in [2.75, 3.05) is 17.7 Å². The minimum atomic E-state index is -0.913. The second kappa shape index (κ2) is 9.27. The van der Waals surface area contributed by atoms with Crippen LogP contribution in [0.3, 0.4) is 0 Å². The van der Waals surface area contributed by atoms with Crippen LogP contribution in [-0.4, -0.2) is 34.1 Å². The first kappa shape index (κ1) is 21.6. The molecule has 0 aliphatic rings. The summed E-state index contributed by atoms with van der Waals surface area (Å²) in [5.74, 6) is -0.370. The molecular formula is C23H18FN5O4. The molecule has 33 heavy (non-hydrogen) atoms. The van der Waals surface area contributed by atoms with Gasteiger partial charge in [0.2, 0.25) is 0 Å². The van der Waals surface area contributed by atoms with E-state index < -0.39 is 12.0 Å². The van der Waals surface area contributed by atoms with Crippen LogP contribution in [0, 0.1) is 12.7 Å². The Morgan fingerprint density at radius 3 is 2.58 bits per heavy atom. The summed E-state index contributed by atoms with van der Waals surface area (Å²) in [4.78, 5) is 36.2. The number of carbonyl (C=O) groups is 2. The third-order valence-corrected chi connectivity index (χ3v) is 4.71. The molecule has 166 valence electrons. The first-order valence-electron chi connectivity index (χ1n) is 9.73. The number of halogens is 1. The summed E-state index contributed by atoms with van der Waals surface area (Å²) < 4.78 is 24.1. The van der Waals surface area contributed by atoms with Crippen molar-refractivity contribution < 1.29 is 23.5 Å². The minimum absolute atomic E-state index is 0.0505. The number of aromatic nitrogens is 3. The summed E-state index contributed by atoms with van der Waals surface area (Å²) in [5.41, 5.74) is 2.00. The third kappa shape index (κ3) is 4.85. The third-order valence-electron chi connectivity index (χ3n) is 4.71. The van der Waals surface area contributed by atoms with E-state index in [1.807, 2.05) is 0 Å². The van der Waals surface area contributed by atoms with E-state index in [1.54, 1.807) is 37.3 Å². The average Bonchev–Trinajstić information content (AvgIpc) is 2.82. The molecule has 2 aromatic heterocycles. The smallest absolute Gasteiger partial charge is 0.437 e. The van der Waals surface area contributed by atoms with E-state index >= 15 is 0 Å². The number of rotatable bonds is 5. The molecule has 0 unspecified atom stereocenters. The van der Waals surface area contributed by atoms with E-state index in [9.17, 15) is 14.0 Å². The number of fused-ring (bicyclic) bond motifs is 1. The molecule has 0 saturated carbocycles. The predicted molar refractivity (Wildman–Crippen MR) is 119 cm³/mol. The second-order valence-corrected chi connectivity index (χ2v) is 6.92. The molecule has 4 rings (SSSR count). The van der Waals surface area contributed by atoms with E-state index in [0.29, 0.717) is 33.5 Å². The van der Waals surface area contributed by atoms with Gasteiger partial charge in [-0.25, -0.2) is 19.2 Å². The van der Waals surface area contributed by atoms with Gasteiger partial charge in [0, 0.05) is 35.1 Å². The minimum Gasteiger partial charge on any atom is -0.437 e. The number of ether oxygens (including phenoxy) is 2. The molecule has 9 nitrogen and oxygen atoms in total. The molecule has 10 heteroatoms. The van der Waals surface area contributed by atoms with Crippen LogP contribution in [0.4, 0.5) is 26.4 Å². The average molecular weight is 447 g/mol. The van der Waals surface area contributed by atoms with E-state index in [1.165, 1.54) is 38.0 Å². The van der Waals surface area contributed by atoms with Gasteiger partial charge in [0.25, 0.3) is 5.91 Å². The number of anilines is 3. The molecular weight excluding hydrogens is 429 g/mol. The lowest BCUT2D eigenvalue weighted by atomic mass is 10.1. The summed E-state index contributed by atoms with van der Waals surface area (Å²) in [6, 6.07) is 10.9. The summed E-state index contributed by atoms with van der Waals surface area (Å²) in [6.45, 7) is 1.60. The second-order valence-electron chi connectivity index (χ2n) is 6.92. The van der Waals surface area contributed by atoms with Crippen LogP contribution < -0.4 is 15.4 Å². The molecule has 1 amide bonds. The Bertz CT molecular complexity index is 1350. The molecule has 0 radical (unpaired) electrons. The van der Waals surface area contributed by atoms with Gasteiger partial charge >= 0.3 is 6.16 Å². The first-order chi connectivity index (χ1) is 15.9. The van der Waals surface area contributed by atoms with E-state index in [-0.39, 0.29) is 17.3 Å². The number of nitrogens with zero attached hydrogens (tertiary/aromatic N) is 3. The Kier molecular flexibility index (Phi) is 6.07. The van der Waals surface area contributed by atoms with Crippen molar-refractivity contribution in [2.45, 2.75) is 6.92 Å². The van der Waals surface area contributed by atoms with Crippen LogP contribution in [-0.2, 0) is 4.74 Å². The summed E-state index contributed by atoms with van der Waals surface area (Å²) in [6.07, 6.45) is 3.47. The summed E-state index contributed by atoms with van der Waals surface area (Å²) in [5, 5.41) is 6.30. The number of hydrogen-bond donors (Lipinski definition) is 2. The maximum Gasteiger partial charge on any atom is 0.513 e. The van der Waals surface area contributed by atoms with Crippen LogP contribution in [0.25, 0.3) is 10.9 Å². The largest absolute Gasteiger partial charge is 0.513 e. The molecule has 4 aromatic rings. The molecule has 0 aliphatic heterocycles. The zero-order valence-corrected chi connectivity index (χ0v) is 17.6. The van der Waals surface area contributed by atoms with Crippen LogP contribution in [0.5, 0.6) is 5.75 Å². The van der Waals surface area contributed by atoms with Gasteiger partial charge in [-0.15, -0.1) is 0 Å². The zero-order chi connectivity index (χ0) is 23.4. The van der Waals surface area contributed by atoms with E-state index in [0.717, 1.165) is 0 Å². The maximum absolute atomic E-state index is 14.6. The number of aryl methyl sites for hydroxylation is 1. The molecule has 0 saturated heterocycles. The van der Waals surface area contributed by atoms with Gasteiger partial charge in [0.1, 0.15) is 23.7 Å². The fourth-order valence-electron chi connectivity index (χ4n) is 3.06. The van der Waals surface area contributed by atoms with Gasteiger partial charge in [-0.2, -0.15) is 0 Å². The number of nitrogens with one attached hydrogen (secondary N) is 2. The van der Waals surface area contributed by atoms with Crippen molar-refractivity contribution >= 4 is 40.2 Å². The van der Waals surface area contributed by atoms with Gasteiger partial charge in [0.05, 0.1) is 18.3 Å². The molecule has 0 spiro atoms. The molecule has 0 atom stereocenters. The van der Waals surface area contributed by atoms with Gasteiger partial charge in [-0.05, 0) is 48.9 Å². The fraction of sp³-hybridized carbons (Fsp3) is 0.0870. The standard InChI is InChI=1S/C23H18FN5O4/c1-13-9-17(24)19(11-20(13)33-23(31)32-2)29-21-16-4-3-15(10-18(16)26-12-27-21)28-22(30)14-5-7-25-8-6-14/h3-12H,1-2H3,(H,28,30)(H,26,27,29). The first-order valence-corrected chi connectivity index (χ1v) is 9.73. The Morgan fingerprint density at radius 2 is 1.82 bits per heavy atom. The van der Waals surface area contributed by atoms with Gasteiger partial charge < -0.3 is 20.1 Å². The van der Waals surface area contributed by atoms with E-state index in [4.69, 9.17) is 4.74 Å². The van der Waals surface area contributed by atoms with Crippen LogP contribution in [0.2, 0.25) is 0 Å². The Morgan fingerprint density at radius 1 is 1.03 bits per heavy atom. The Hall–Kier alpha value is -4.60. The number of pyridine rings is 1. The highest BCUT2D eigenvalue weighted by Gasteiger charge is 2.14. The number of amides is 1. The van der Waals surface area contributed by atoms with Crippen molar-refractivity contribution in [3.05, 3.63) is 78.1 Å². The quantitative estimate of drug-likeness (QED) is 0.337. The normalized spacial score (nSPS) is 10.5. The van der Waals surface area contributed by atoms with Gasteiger partial charge in [-0.3, -0.25) is 9.78 Å². The summed E-state index contributed by atoms with van der Waals surface area (Å²) >= 11 is 0. The number of hydrogen-bond acceptors (Lipinski definition) is 8. The SMILES string of the molecule is COC(=O)Oc1cc(Nc2ncnc3cc(NC(=O)c4ccncc4)ccc23)c(F)cc1C. The van der Waals surface area contributed by atoms with Gasteiger partial charge in [0.15, 0.2) is 0 Å². The van der Waals surface area contributed by atoms with Crippen LogP contribution in [0.15, 0.2) is 61.2 Å². The lowest BCUT2D eigenvalue weighted by molar-refractivity contribution is 0.102. The number of carbonyl (C=O) groups excluding carboxylic acids is 2. The van der Waals surface area contributed by atoms with Crippen molar-refractivity contribution in [1.29, 1.82) is 0 Å². The van der Waals surface area contributed by atoms with Gasteiger partial charge in [-0.1, -0.05) is 0 Å². The Labute approximate surface area is 187 Å². The van der Waals surface area contributed by atoms with E-state index in [2.05, 4.69) is 30.3 Å². The fourth-order valence-corrected chi connectivity index (χ4v) is 3.06. The van der Waals surface area contributed by atoms with Crippen molar-refractivity contribution in [2.24, 2.45) is 0 Å². The molecule has 2 N–H and O–H groups in total. The lowest BCUT2D eigenvalue weighted by Gasteiger charge is -2.13.